The number of aliphatic hydroxyl groups excluding tert-OH is 1. The van der Waals surface area contributed by atoms with Crippen LogP contribution in [-0.4, -0.2) is 40.6 Å². The number of allylic oxidation sites excluding steroid dienone is 5. The van der Waals surface area contributed by atoms with Gasteiger partial charge in [-0.3, -0.25) is 4.99 Å². The first-order valence-corrected chi connectivity index (χ1v) is 6.95. The van der Waals surface area contributed by atoms with Crippen molar-refractivity contribution in [1.29, 1.82) is 5.41 Å². The van der Waals surface area contributed by atoms with Crippen molar-refractivity contribution < 1.29 is 5.11 Å². The van der Waals surface area contributed by atoms with Crippen LogP contribution in [0.25, 0.3) is 0 Å². The molecule has 0 spiro atoms. The monoisotopic (exact) mass is 255 g/mol. The summed E-state index contributed by atoms with van der Waals surface area (Å²) < 4.78 is 0. The zero-order valence-electron chi connectivity index (χ0n) is 10.7. The van der Waals surface area contributed by atoms with Crippen LogP contribution in [0.15, 0.2) is 40.7 Å². The highest BCUT2D eigenvalue weighted by Gasteiger charge is 2.42. The summed E-state index contributed by atoms with van der Waals surface area (Å²) in [5.74, 6) is 0.773. The molecule has 3 heterocycles. The molecule has 0 bridgehead atoms. The number of hydrogen-bond acceptors (Lipinski definition) is 4. The first-order chi connectivity index (χ1) is 9.25. The molecule has 0 saturated carbocycles. The van der Waals surface area contributed by atoms with E-state index in [4.69, 9.17) is 10.4 Å². The number of aliphatic imine (C=N–C) groups is 1. The Kier molecular flexibility index (Phi) is 2.30. The molecule has 4 nitrogen and oxygen atoms in total. The molecule has 0 radical (unpaired) electrons. The van der Waals surface area contributed by atoms with E-state index in [1.807, 2.05) is 6.08 Å². The van der Waals surface area contributed by atoms with Crippen LogP contribution >= 0.6 is 0 Å². The normalized spacial score (nSPS) is 36.1. The molecule has 19 heavy (non-hydrogen) atoms. The second-order valence-corrected chi connectivity index (χ2v) is 5.64. The standard InChI is InChI=1S/C15H17N3O/c16-13-12(19)6-8-18-7-5-10-9-3-1-2-4-11(9)17-14(10)15(13)18/h1-4,9-10,12,16,19H,5-8H2. The van der Waals surface area contributed by atoms with E-state index >= 15 is 0 Å². The van der Waals surface area contributed by atoms with Gasteiger partial charge in [0.05, 0.1) is 23.2 Å². The third-order valence-electron chi connectivity index (χ3n) is 4.60. The van der Waals surface area contributed by atoms with Crippen LogP contribution in [0, 0.1) is 17.2 Å². The Morgan fingerprint density at radius 2 is 2.11 bits per heavy atom. The van der Waals surface area contributed by atoms with Gasteiger partial charge in [0.1, 0.15) is 0 Å². The first-order valence-electron chi connectivity index (χ1n) is 6.95. The summed E-state index contributed by atoms with van der Waals surface area (Å²) in [4.78, 5) is 7.00. The average Bonchev–Trinajstić information content (AvgIpc) is 2.81. The minimum atomic E-state index is -0.619. The van der Waals surface area contributed by atoms with Gasteiger partial charge in [0, 0.05) is 30.6 Å². The maximum atomic E-state index is 9.93. The molecular weight excluding hydrogens is 238 g/mol. The van der Waals surface area contributed by atoms with Crippen molar-refractivity contribution in [2.45, 2.75) is 18.9 Å². The van der Waals surface area contributed by atoms with Gasteiger partial charge < -0.3 is 15.4 Å². The molecule has 0 aromatic rings. The molecule has 0 aromatic carbocycles. The number of nitrogens with zero attached hydrogens (tertiary/aromatic N) is 2. The van der Waals surface area contributed by atoms with Crippen LogP contribution in [0.2, 0.25) is 0 Å². The van der Waals surface area contributed by atoms with Crippen LogP contribution in [0.5, 0.6) is 0 Å². The molecule has 1 fully saturated rings. The molecule has 0 aromatic heterocycles. The molecular formula is C15H17N3O. The SMILES string of the molecule is N=C1C2=C3N=C4C=CC=CC4C3CCN2CCC1O. The van der Waals surface area contributed by atoms with Gasteiger partial charge >= 0.3 is 0 Å². The maximum Gasteiger partial charge on any atom is 0.0991 e. The van der Waals surface area contributed by atoms with Crippen molar-refractivity contribution in [3.63, 3.8) is 0 Å². The molecule has 4 rings (SSSR count). The van der Waals surface area contributed by atoms with Gasteiger partial charge in [0.2, 0.25) is 0 Å². The zero-order valence-corrected chi connectivity index (χ0v) is 10.7. The highest BCUT2D eigenvalue weighted by atomic mass is 16.3. The van der Waals surface area contributed by atoms with E-state index in [0.29, 0.717) is 24.0 Å². The maximum absolute atomic E-state index is 9.93. The van der Waals surface area contributed by atoms with Gasteiger partial charge in [0.25, 0.3) is 0 Å². The van der Waals surface area contributed by atoms with Crippen LogP contribution in [0.4, 0.5) is 0 Å². The van der Waals surface area contributed by atoms with Crippen LogP contribution in [-0.2, 0) is 0 Å². The van der Waals surface area contributed by atoms with Crippen molar-refractivity contribution >= 4 is 11.4 Å². The molecule has 3 aliphatic heterocycles. The van der Waals surface area contributed by atoms with Gasteiger partial charge in [0.15, 0.2) is 0 Å². The lowest BCUT2D eigenvalue weighted by molar-refractivity contribution is 0.175. The number of fused-ring (bicyclic) bond motifs is 4. The van der Waals surface area contributed by atoms with Crippen LogP contribution < -0.4 is 0 Å². The third-order valence-corrected chi connectivity index (χ3v) is 4.60. The van der Waals surface area contributed by atoms with E-state index in [2.05, 4.69) is 23.1 Å². The lowest BCUT2D eigenvalue weighted by Crippen LogP contribution is -2.45. The van der Waals surface area contributed by atoms with Gasteiger partial charge in [-0.2, -0.15) is 0 Å². The Balaban J connectivity index is 1.84. The third kappa shape index (κ3) is 1.49. The quantitative estimate of drug-likeness (QED) is 0.689. The Labute approximate surface area is 112 Å². The number of nitrogens with one attached hydrogen (secondary N) is 1. The molecule has 98 valence electrons. The highest BCUT2D eigenvalue weighted by Crippen LogP contribution is 2.43. The van der Waals surface area contributed by atoms with Gasteiger partial charge in [-0.05, 0) is 18.9 Å². The zero-order chi connectivity index (χ0) is 13.0. The summed E-state index contributed by atoms with van der Waals surface area (Å²) in [5, 5.41) is 18.1. The summed E-state index contributed by atoms with van der Waals surface area (Å²) in [6.07, 6.45) is 9.55. The molecule has 1 saturated heterocycles. The number of hydrogen-bond donors (Lipinski definition) is 2. The van der Waals surface area contributed by atoms with E-state index in [1.165, 1.54) is 0 Å². The fourth-order valence-electron chi connectivity index (χ4n) is 3.62. The van der Waals surface area contributed by atoms with E-state index < -0.39 is 6.10 Å². The summed E-state index contributed by atoms with van der Waals surface area (Å²) >= 11 is 0. The van der Waals surface area contributed by atoms with Crippen molar-refractivity contribution in [2.24, 2.45) is 16.8 Å². The van der Waals surface area contributed by atoms with Crippen molar-refractivity contribution in [2.75, 3.05) is 13.1 Å². The predicted octanol–water partition coefficient (Wildman–Crippen LogP) is 1.50. The van der Waals surface area contributed by atoms with E-state index in [0.717, 1.165) is 36.6 Å². The fourth-order valence-corrected chi connectivity index (χ4v) is 3.62. The first kappa shape index (κ1) is 11.2. The van der Waals surface area contributed by atoms with Gasteiger partial charge in [-0.25, -0.2) is 0 Å². The Morgan fingerprint density at radius 3 is 3.00 bits per heavy atom. The topological polar surface area (TPSA) is 59.7 Å². The van der Waals surface area contributed by atoms with E-state index in [9.17, 15) is 5.11 Å². The number of piperidine rings is 1. The second kappa shape index (κ2) is 3.90. The number of aliphatic hydroxyl groups is 1. The van der Waals surface area contributed by atoms with Gasteiger partial charge in [-0.1, -0.05) is 18.2 Å². The molecule has 1 aliphatic carbocycles. The smallest absolute Gasteiger partial charge is 0.0991 e. The lowest BCUT2D eigenvalue weighted by Gasteiger charge is -2.40. The summed E-state index contributed by atoms with van der Waals surface area (Å²) in [6.45, 7) is 1.83. The van der Waals surface area contributed by atoms with Crippen molar-refractivity contribution in [3.8, 4) is 0 Å². The minimum Gasteiger partial charge on any atom is -0.387 e. The minimum absolute atomic E-state index is 0.363. The predicted molar refractivity (Wildman–Crippen MR) is 74.3 cm³/mol. The fraction of sp³-hybridized carbons (Fsp3) is 0.467. The van der Waals surface area contributed by atoms with Crippen molar-refractivity contribution in [3.05, 3.63) is 35.7 Å². The summed E-state index contributed by atoms with van der Waals surface area (Å²) in [5.41, 5.74) is 3.41. The van der Waals surface area contributed by atoms with E-state index in [1.54, 1.807) is 0 Å². The second-order valence-electron chi connectivity index (χ2n) is 5.64. The molecule has 3 atom stereocenters. The van der Waals surface area contributed by atoms with E-state index in [-0.39, 0.29) is 0 Å². The average molecular weight is 255 g/mol. The molecule has 0 amide bonds. The Bertz CT molecular complexity index is 570. The molecule has 2 N–H and O–H groups in total. The Hall–Kier alpha value is -1.68. The summed E-state index contributed by atoms with van der Waals surface area (Å²) in [7, 11) is 0. The number of rotatable bonds is 0. The highest BCUT2D eigenvalue weighted by molar-refractivity contribution is 6.06. The Morgan fingerprint density at radius 1 is 1.26 bits per heavy atom. The van der Waals surface area contributed by atoms with Crippen LogP contribution in [0.3, 0.4) is 0 Å². The van der Waals surface area contributed by atoms with Crippen LogP contribution in [0.1, 0.15) is 12.8 Å². The molecule has 3 unspecified atom stereocenters. The lowest BCUT2D eigenvalue weighted by atomic mass is 9.80. The largest absolute Gasteiger partial charge is 0.387 e. The van der Waals surface area contributed by atoms with Crippen molar-refractivity contribution in [1.82, 2.24) is 4.90 Å². The molecule has 4 aliphatic rings. The van der Waals surface area contributed by atoms with Gasteiger partial charge in [-0.15, -0.1) is 0 Å². The molecule has 4 heteroatoms. The summed E-state index contributed by atoms with van der Waals surface area (Å²) in [6, 6.07) is 0.